The molecule has 176 valence electrons. The lowest BCUT2D eigenvalue weighted by Crippen LogP contribution is -2.32. The number of carbonyl (C=O) groups is 1. The molecule has 0 aliphatic heterocycles. The largest absolute Gasteiger partial charge is 0.465 e. The van der Waals surface area contributed by atoms with E-state index in [9.17, 15) is 18.7 Å². The van der Waals surface area contributed by atoms with Gasteiger partial charge in [0.1, 0.15) is 11.6 Å². The predicted molar refractivity (Wildman–Crippen MR) is 127 cm³/mol. The van der Waals surface area contributed by atoms with E-state index in [2.05, 4.69) is 39.8 Å². The molecular weight excluding hydrogens is 408 g/mol. The highest BCUT2D eigenvalue weighted by molar-refractivity contribution is 5.87. The molecule has 2 aromatic carbocycles. The molecule has 0 heterocycles. The predicted octanol–water partition coefficient (Wildman–Crippen LogP) is 7.79. The molecule has 0 fully saturated rings. The smallest absolute Gasteiger partial charge is 0.411 e. The van der Waals surface area contributed by atoms with Crippen molar-refractivity contribution in [3.05, 3.63) is 64.7 Å². The molecule has 0 radical (unpaired) electrons. The Morgan fingerprint density at radius 2 is 1.56 bits per heavy atom. The third kappa shape index (κ3) is 8.25. The van der Waals surface area contributed by atoms with E-state index in [1.807, 2.05) is 12.1 Å². The number of hydrogen-bond donors (Lipinski definition) is 1. The maximum Gasteiger partial charge on any atom is 0.411 e. The van der Waals surface area contributed by atoms with Crippen LogP contribution in [0.2, 0.25) is 0 Å². The number of benzene rings is 2. The first kappa shape index (κ1) is 25.8. The van der Waals surface area contributed by atoms with E-state index in [-0.39, 0.29) is 17.6 Å². The minimum atomic E-state index is -1.21. The van der Waals surface area contributed by atoms with E-state index in [1.54, 1.807) is 0 Å². The number of nitrogens with zero attached hydrogens (tertiary/aromatic N) is 1. The lowest BCUT2D eigenvalue weighted by atomic mass is 9.88. The SMILES string of the molecule is CCCCCCCN(C(=O)O)c1c(F)cc(F)cc1CCc1ccc(CC(C)(C)C)cc1. The summed E-state index contributed by atoms with van der Waals surface area (Å²) in [6, 6.07) is 10.3. The van der Waals surface area contributed by atoms with Gasteiger partial charge in [-0.1, -0.05) is 77.6 Å². The molecule has 0 saturated carbocycles. The monoisotopic (exact) mass is 445 g/mol. The van der Waals surface area contributed by atoms with E-state index in [0.717, 1.165) is 48.6 Å². The Morgan fingerprint density at radius 3 is 2.16 bits per heavy atom. The number of rotatable bonds is 11. The summed E-state index contributed by atoms with van der Waals surface area (Å²) in [6.45, 7) is 8.90. The molecule has 0 aromatic heterocycles. The molecule has 2 aromatic rings. The standard InChI is InChI=1S/C27H37F2NO2/c1-5-6-7-8-9-16-30(26(31)32)25-22(17-23(28)18-24(25)29)15-14-20-10-12-21(13-11-20)19-27(2,3)4/h10-13,17-18H,5-9,14-16,19H2,1-4H3,(H,31,32). The van der Waals surface area contributed by atoms with Crippen LogP contribution in [0.3, 0.4) is 0 Å². The molecule has 5 heteroatoms. The lowest BCUT2D eigenvalue weighted by molar-refractivity contribution is 0.201. The summed E-state index contributed by atoms with van der Waals surface area (Å²) in [5.41, 5.74) is 2.88. The summed E-state index contributed by atoms with van der Waals surface area (Å²) < 4.78 is 28.7. The number of aryl methyl sites for hydroxylation is 2. The van der Waals surface area contributed by atoms with Crippen molar-refractivity contribution in [1.82, 2.24) is 0 Å². The Balaban J connectivity index is 2.16. The number of halogens is 2. The van der Waals surface area contributed by atoms with E-state index in [0.29, 0.717) is 24.8 Å². The summed E-state index contributed by atoms with van der Waals surface area (Å²) in [6.07, 6.45) is 5.45. The maximum atomic E-state index is 14.7. The van der Waals surface area contributed by atoms with Gasteiger partial charge in [0.15, 0.2) is 0 Å². The van der Waals surface area contributed by atoms with Crippen LogP contribution in [-0.4, -0.2) is 17.7 Å². The molecule has 1 amide bonds. The second kappa shape index (κ2) is 12.0. The van der Waals surface area contributed by atoms with Crippen molar-refractivity contribution < 1.29 is 18.7 Å². The number of carboxylic acid groups (broad SMARTS) is 1. The van der Waals surface area contributed by atoms with Crippen molar-refractivity contribution in [3.8, 4) is 0 Å². The van der Waals surface area contributed by atoms with Gasteiger partial charge in [-0.25, -0.2) is 13.6 Å². The summed E-state index contributed by atoms with van der Waals surface area (Å²) in [7, 11) is 0. The fourth-order valence-corrected chi connectivity index (χ4v) is 4.00. The van der Waals surface area contributed by atoms with Crippen LogP contribution in [0.25, 0.3) is 0 Å². The first-order valence-corrected chi connectivity index (χ1v) is 11.7. The molecule has 0 unspecified atom stereocenters. The molecule has 0 saturated heterocycles. The van der Waals surface area contributed by atoms with Crippen LogP contribution in [0.1, 0.15) is 76.5 Å². The molecule has 0 spiro atoms. The van der Waals surface area contributed by atoms with Gasteiger partial charge >= 0.3 is 6.09 Å². The van der Waals surface area contributed by atoms with Crippen LogP contribution in [0.15, 0.2) is 36.4 Å². The fourth-order valence-electron chi connectivity index (χ4n) is 4.00. The van der Waals surface area contributed by atoms with Gasteiger partial charge in [0.2, 0.25) is 0 Å². The molecular formula is C27H37F2NO2. The molecule has 3 nitrogen and oxygen atoms in total. The van der Waals surface area contributed by atoms with E-state index >= 15 is 0 Å². The number of anilines is 1. The van der Waals surface area contributed by atoms with Gasteiger partial charge in [-0.15, -0.1) is 0 Å². The Morgan fingerprint density at radius 1 is 0.938 bits per heavy atom. The topological polar surface area (TPSA) is 40.5 Å². The first-order valence-electron chi connectivity index (χ1n) is 11.7. The Bertz CT molecular complexity index is 872. The van der Waals surface area contributed by atoms with Crippen LogP contribution in [0.4, 0.5) is 19.3 Å². The van der Waals surface area contributed by atoms with Crippen LogP contribution in [0.5, 0.6) is 0 Å². The molecule has 2 rings (SSSR count). The average Bonchev–Trinajstić information content (AvgIpc) is 2.69. The van der Waals surface area contributed by atoms with Gasteiger partial charge in [-0.05, 0) is 53.9 Å². The van der Waals surface area contributed by atoms with Gasteiger partial charge in [0.25, 0.3) is 0 Å². The molecule has 32 heavy (non-hydrogen) atoms. The number of unbranched alkanes of at least 4 members (excludes halogenated alkanes) is 4. The Labute approximate surface area is 191 Å². The van der Waals surface area contributed by atoms with Gasteiger partial charge in [0.05, 0.1) is 5.69 Å². The van der Waals surface area contributed by atoms with Gasteiger partial charge in [-0.2, -0.15) is 0 Å². The second-order valence-corrected chi connectivity index (χ2v) is 9.80. The van der Waals surface area contributed by atoms with Crippen LogP contribution in [-0.2, 0) is 19.3 Å². The highest BCUT2D eigenvalue weighted by Gasteiger charge is 2.23. The summed E-state index contributed by atoms with van der Waals surface area (Å²) in [5.74, 6) is -1.51. The highest BCUT2D eigenvalue weighted by Crippen LogP contribution is 2.28. The Hall–Kier alpha value is -2.43. The van der Waals surface area contributed by atoms with Crippen molar-refractivity contribution in [1.29, 1.82) is 0 Å². The van der Waals surface area contributed by atoms with Gasteiger partial charge in [0, 0.05) is 12.6 Å². The minimum absolute atomic E-state index is 0.0151. The fraction of sp³-hybridized carbons (Fsp3) is 0.519. The first-order chi connectivity index (χ1) is 15.1. The third-order valence-electron chi connectivity index (χ3n) is 5.53. The average molecular weight is 446 g/mol. The minimum Gasteiger partial charge on any atom is -0.465 e. The van der Waals surface area contributed by atoms with Crippen molar-refractivity contribution in [2.45, 2.75) is 79.1 Å². The summed E-state index contributed by atoms with van der Waals surface area (Å²) in [5, 5.41) is 9.72. The second-order valence-electron chi connectivity index (χ2n) is 9.80. The van der Waals surface area contributed by atoms with Crippen molar-refractivity contribution in [3.63, 3.8) is 0 Å². The quantitative estimate of drug-likeness (QED) is 0.359. The summed E-state index contributed by atoms with van der Waals surface area (Å²) in [4.78, 5) is 12.9. The van der Waals surface area contributed by atoms with Crippen molar-refractivity contribution in [2.24, 2.45) is 5.41 Å². The molecule has 1 N–H and O–H groups in total. The zero-order valence-electron chi connectivity index (χ0n) is 19.9. The molecule has 0 bridgehead atoms. The molecule has 0 atom stereocenters. The normalized spacial score (nSPS) is 11.6. The zero-order chi connectivity index (χ0) is 23.7. The van der Waals surface area contributed by atoms with E-state index in [1.165, 1.54) is 11.6 Å². The number of hydrogen-bond acceptors (Lipinski definition) is 1. The maximum absolute atomic E-state index is 14.7. The van der Waals surface area contributed by atoms with Gasteiger partial charge < -0.3 is 5.11 Å². The summed E-state index contributed by atoms with van der Waals surface area (Å²) >= 11 is 0. The van der Waals surface area contributed by atoms with Crippen LogP contribution < -0.4 is 4.90 Å². The van der Waals surface area contributed by atoms with Crippen LogP contribution >= 0.6 is 0 Å². The molecule has 0 aliphatic carbocycles. The highest BCUT2D eigenvalue weighted by atomic mass is 19.1. The number of amides is 1. The van der Waals surface area contributed by atoms with Crippen LogP contribution in [0, 0.1) is 17.0 Å². The van der Waals surface area contributed by atoms with Gasteiger partial charge in [-0.3, -0.25) is 4.90 Å². The van der Waals surface area contributed by atoms with Crippen molar-refractivity contribution >= 4 is 11.8 Å². The van der Waals surface area contributed by atoms with E-state index in [4.69, 9.17) is 0 Å². The lowest BCUT2D eigenvalue weighted by Gasteiger charge is -2.23. The van der Waals surface area contributed by atoms with Crippen molar-refractivity contribution in [2.75, 3.05) is 11.4 Å². The Kier molecular flexibility index (Phi) is 9.67. The molecule has 0 aliphatic rings. The third-order valence-corrected chi connectivity index (χ3v) is 5.53. The zero-order valence-corrected chi connectivity index (χ0v) is 19.9. The van der Waals surface area contributed by atoms with E-state index < -0.39 is 17.7 Å².